The average Bonchev–Trinajstić information content (AvgIpc) is 2.35. The van der Waals surface area contributed by atoms with Crippen LogP contribution in [0, 0.1) is 11.8 Å². The van der Waals surface area contributed by atoms with Crippen LogP contribution >= 0.6 is 0 Å². The Bertz CT molecular complexity index is 305. The van der Waals surface area contributed by atoms with Crippen molar-refractivity contribution in [1.82, 2.24) is 0 Å². The molecule has 0 spiro atoms. The molecule has 0 saturated heterocycles. The molecule has 0 unspecified atom stereocenters. The molecule has 0 heteroatoms. The fraction of sp³-hybridized carbons (Fsp3) is 0.412. The standard InChI is InChI=1S/C17H24/c1-3-5-7-9-11-13-15-17-16-14-12-10-8-6-4-2/h3,8,10,13,15-17H,1,4-7,9,11H2,2H3. The Morgan fingerprint density at radius 1 is 0.882 bits per heavy atom. The van der Waals surface area contributed by atoms with Crippen molar-refractivity contribution in [3.05, 3.63) is 49.1 Å². The maximum atomic E-state index is 3.71. The average molecular weight is 228 g/mol. The van der Waals surface area contributed by atoms with Crippen LogP contribution in [0.2, 0.25) is 0 Å². The van der Waals surface area contributed by atoms with Crippen LogP contribution in [0.25, 0.3) is 0 Å². The number of hydrogen-bond acceptors (Lipinski definition) is 0. The second-order valence-electron chi connectivity index (χ2n) is 3.84. The lowest BCUT2D eigenvalue weighted by Gasteiger charge is -1.90. The van der Waals surface area contributed by atoms with E-state index in [1.165, 1.54) is 19.3 Å². The Morgan fingerprint density at radius 3 is 2.41 bits per heavy atom. The molecule has 0 nitrogen and oxygen atoms in total. The fourth-order valence-corrected chi connectivity index (χ4v) is 1.23. The molecule has 0 atom stereocenters. The molecule has 0 heterocycles. The molecule has 0 N–H and O–H groups in total. The third-order valence-corrected chi connectivity index (χ3v) is 2.20. The summed E-state index contributed by atoms with van der Waals surface area (Å²) in [6.07, 6.45) is 21.2. The molecule has 0 aliphatic carbocycles. The van der Waals surface area contributed by atoms with Gasteiger partial charge in [-0.05, 0) is 44.3 Å². The molecule has 0 radical (unpaired) electrons. The lowest BCUT2D eigenvalue weighted by atomic mass is 10.2. The number of allylic oxidation sites excluding steroid dienone is 7. The van der Waals surface area contributed by atoms with Gasteiger partial charge in [0, 0.05) is 0 Å². The maximum absolute atomic E-state index is 3.71. The van der Waals surface area contributed by atoms with E-state index in [0.717, 1.165) is 19.3 Å². The summed E-state index contributed by atoms with van der Waals surface area (Å²) in [7, 11) is 0. The summed E-state index contributed by atoms with van der Waals surface area (Å²) in [6.45, 7) is 5.87. The molecule has 0 amide bonds. The second kappa shape index (κ2) is 14.5. The van der Waals surface area contributed by atoms with Crippen molar-refractivity contribution in [2.45, 2.75) is 45.4 Å². The minimum absolute atomic E-state index is 1.11. The topological polar surface area (TPSA) is 0 Å². The quantitative estimate of drug-likeness (QED) is 0.232. The first-order valence-corrected chi connectivity index (χ1v) is 6.50. The van der Waals surface area contributed by atoms with Gasteiger partial charge in [0.15, 0.2) is 0 Å². The highest BCUT2D eigenvalue weighted by molar-refractivity contribution is 5.25. The Balaban J connectivity index is 3.51. The van der Waals surface area contributed by atoms with Gasteiger partial charge in [0.2, 0.25) is 0 Å². The van der Waals surface area contributed by atoms with E-state index in [4.69, 9.17) is 0 Å². The van der Waals surface area contributed by atoms with Crippen LogP contribution in [-0.2, 0) is 0 Å². The molecule has 92 valence electrons. The van der Waals surface area contributed by atoms with Gasteiger partial charge in [-0.1, -0.05) is 55.6 Å². The Morgan fingerprint density at radius 2 is 1.65 bits per heavy atom. The van der Waals surface area contributed by atoms with Gasteiger partial charge in [0.05, 0.1) is 0 Å². The summed E-state index contributed by atoms with van der Waals surface area (Å²) in [6, 6.07) is 0. The van der Waals surface area contributed by atoms with Crippen LogP contribution in [0.3, 0.4) is 0 Å². The largest absolute Gasteiger partial charge is 0.103 e. The highest BCUT2D eigenvalue weighted by Crippen LogP contribution is 2.00. The van der Waals surface area contributed by atoms with Crippen molar-refractivity contribution in [2.75, 3.05) is 0 Å². The highest BCUT2D eigenvalue weighted by Gasteiger charge is 1.80. The van der Waals surface area contributed by atoms with E-state index in [9.17, 15) is 0 Å². The number of rotatable bonds is 8. The van der Waals surface area contributed by atoms with E-state index in [-0.39, 0.29) is 0 Å². The van der Waals surface area contributed by atoms with Gasteiger partial charge >= 0.3 is 0 Å². The molecule has 0 aliphatic rings. The van der Waals surface area contributed by atoms with Gasteiger partial charge in [0.1, 0.15) is 0 Å². The van der Waals surface area contributed by atoms with Crippen molar-refractivity contribution >= 4 is 0 Å². The molecule has 0 bridgehead atoms. The molecular weight excluding hydrogens is 204 g/mol. The van der Waals surface area contributed by atoms with Crippen molar-refractivity contribution in [1.29, 1.82) is 0 Å². The van der Waals surface area contributed by atoms with Crippen LogP contribution in [0.1, 0.15) is 45.4 Å². The molecule has 0 aromatic carbocycles. The van der Waals surface area contributed by atoms with Gasteiger partial charge in [-0.25, -0.2) is 0 Å². The zero-order chi connectivity index (χ0) is 12.6. The van der Waals surface area contributed by atoms with E-state index >= 15 is 0 Å². The highest BCUT2D eigenvalue weighted by atomic mass is 13.9. The number of hydrogen-bond donors (Lipinski definition) is 0. The van der Waals surface area contributed by atoms with Crippen molar-refractivity contribution in [2.24, 2.45) is 0 Å². The number of unbranched alkanes of at least 4 members (excludes halogenated alkanes) is 4. The van der Waals surface area contributed by atoms with Crippen LogP contribution in [0.4, 0.5) is 0 Å². The minimum Gasteiger partial charge on any atom is -0.103 e. The molecule has 0 aromatic rings. The van der Waals surface area contributed by atoms with E-state index < -0.39 is 0 Å². The van der Waals surface area contributed by atoms with Crippen LogP contribution < -0.4 is 0 Å². The molecule has 0 aromatic heterocycles. The first-order valence-electron chi connectivity index (χ1n) is 6.50. The third kappa shape index (κ3) is 14.5. The van der Waals surface area contributed by atoms with Crippen molar-refractivity contribution in [3.63, 3.8) is 0 Å². The molecule has 0 aliphatic heterocycles. The minimum atomic E-state index is 1.11. The van der Waals surface area contributed by atoms with Gasteiger partial charge in [-0.15, -0.1) is 6.58 Å². The normalized spacial score (nSPS) is 11.1. The van der Waals surface area contributed by atoms with Crippen molar-refractivity contribution < 1.29 is 0 Å². The molecular formula is C17H24. The predicted octanol–water partition coefficient (Wildman–Crippen LogP) is 5.20. The van der Waals surface area contributed by atoms with E-state index in [0.29, 0.717) is 0 Å². The Labute approximate surface area is 107 Å². The van der Waals surface area contributed by atoms with Gasteiger partial charge in [-0.3, -0.25) is 0 Å². The van der Waals surface area contributed by atoms with Crippen LogP contribution in [0.15, 0.2) is 49.1 Å². The van der Waals surface area contributed by atoms with Crippen LogP contribution in [0.5, 0.6) is 0 Å². The second-order valence-corrected chi connectivity index (χ2v) is 3.84. The first kappa shape index (κ1) is 15.5. The fourth-order valence-electron chi connectivity index (χ4n) is 1.23. The monoisotopic (exact) mass is 228 g/mol. The maximum Gasteiger partial charge on any atom is -0.0115 e. The predicted molar refractivity (Wildman–Crippen MR) is 78.8 cm³/mol. The van der Waals surface area contributed by atoms with Crippen LogP contribution in [-0.4, -0.2) is 0 Å². The summed E-state index contributed by atoms with van der Waals surface area (Å²) in [5, 5.41) is 0. The van der Waals surface area contributed by atoms with Crippen molar-refractivity contribution in [3.8, 4) is 11.8 Å². The Kier molecular flexibility index (Phi) is 13.3. The molecule has 0 fully saturated rings. The Hall–Kier alpha value is -1.48. The van der Waals surface area contributed by atoms with E-state index in [1.54, 1.807) is 0 Å². The smallest absolute Gasteiger partial charge is 0.0115 e. The van der Waals surface area contributed by atoms with E-state index in [1.807, 2.05) is 24.3 Å². The third-order valence-electron chi connectivity index (χ3n) is 2.20. The zero-order valence-electron chi connectivity index (χ0n) is 11.0. The molecule has 0 saturated carbocycles. The first-order chi connectivity index (χ1) is 8.41. The SMILES string of the molecule is C=CCCCCC=CC=CC#CC=CCCC. The zero-order valence-corrected chi connectivity index (χ0v) is 11.0. The van der Waals surface area contributed by atoms with Gasteiger partial charge < -0.3 is 0 Å². The lowest BCUT2D eigenvalue weighted by molar-refractivity contribution is 0.763. The molecule has 17 heavy (non-hydrogen) atoms. The lowest BCUT2D eigenvalue weighted by Crippen LogP contribution is -1.70. The summed E-state index contributed by atoms with van der Waals surface area (Å²) >= 11 is 0. The molecule has 0 rings (SSSR count). The summed E-state index contributed by atoms with van der Waals surface area (Å²) in [5.74, 6) is 5.95. The van der Waals surface area contributed by atoms with Gasteiger partial charge in [-0.2, -0.15) is 0 Å². The summed E-state index contributed by atoms with van der Waals surface area (Å²) in [4.78, 5) is 0. The summed E-state index contributed by atoms with van der Waals surface area (Å²) < 4.78 is 0. The van der Waals surface area contributed by atoms with E-state index in [2.05, 4.69) is 43.6 Å². The van der Waals surface area contributed by atoms with Gasteiger partial charge in [0.25, 0.3) is 0 Å². The summed E-state index contributed by atoms with van der Waals surface area (Å²) in [5.41, 5.74) is 0.